The second-order valence-electron chi connectivity index (χ2n) is 7.48. The minimum Gasteiger partial charge on any atom is -0.496 e. The molecule has 26 heavy (non-hydrogen) atoms. The summed E-state index contributed by atoms with van der Waals surface area (Å²) in [5.74, 6) is 1.41. The molecule has 1 aromatic carbocycles. The topological polar surface area (TPSA) is 59.0 Å². The molecule has 0 atom stereocenters. The number of unbranched alkanes of at least 4 members (excludes halogenated alkanes) is 2. The molecule has 1 N–H and O–H groups in total. The van der Waals surface area contributed by atoms with Crippen LogP contribution in [0.2, 0.25) is 0 Å². The highest BCUT2D eigenvalue weighted by atomic mass is 16.5. The summed E-state index contributed by atoms with van der Waals surface area (Å²) in [5, 5.41) is 9.79. The molecule has 0 saturated carbocycles. The van der Waals surface area contributed by atoms with Gasteiger partial charge in [-0.2, -0.15) is 0 Å². The highest BCUT2D eigenvalue weighted by Gasteiger charge is 2.26. The molecule has 148 valence electrons. The van der Waals surface area contributed by atoms with Gasteiger partial charge in [0, 0.05) is 19.0 Å². The van der Waals surface area contributed by atoms with Gasteiger partial charge >= 0.3 is 0 Å². The Hall–Kier alpha value is -1.75. The molecule has 0 aliphatic carbocycles. The molecule has 0 radical (unpaired) electrons. The van der Waals surface area contributed by atoms with E-state index in [-0.39, 0.29) is 11.3 Å². The number of hydroxylamine groups is 2. The average molecular weight is 366 g/mol. The van der Waals surface area contributed by atoms with Crippen molar-refractivity contribution in [2.45, 2.75) is 71.1 Å². The van der Waals surface area contributed by atoms with Crippen LogP contribution in [-0.2, 0) is 16.6 Å². The van der Waals surface area contributed by atoms with Crippen LogP contribution in [0.3, 0.4) is 0 Å². The van der Waals surface area contributed by atoms with Crippen LogP contribution in [0, 0.1) is 0 Å². The lowest BCUT2D eigenvalue weighted by molar-refractivity contribution is -0.159. The predicted octanol–water partition coefficient (Wildman–Crippen LogP) is 4.73. The summed E-state index contributed by atoms with van der Waals surface area (Å²) in [4.78, 5) is 11.5. The lowest BCUT2D eigenvalue weighted by Crippen LogP contribution is -2.22. The zero-order chi connectivity index (χ0) is 19.7. The largest absolute Gasteiger partial charge is 0.496 e. The van der Waals surface area contributed by atoms with Crippen molar-refractivity contribution in [3.63, 3.8) is 0 Å². The number of carbonyl (C=O) groups is 1. The molecule has 0 fully saturated rings. The van der Waals surface area contributed by atoms with Crippen LogP contribution >= 0.6 is 0 Å². The maximum absolute atomic E-state index is 11.5. The Morgan fingerprint density at radius 1 is 1.12 bits per heavy atom. The summed E-state index contributed by atoms with van der Waals surface area (Å²) < 4.78 is 11.3. The Bertz CT molecular complexity index is 582. The van der Waals surface area contributed by atoms with Gasteiger partial charge in [0.05, 0.1) is 14.2 Å². The Balaban J connectivity index is 3.00. The first-order valence-electron chi connectivity index (χ1n) is 9.47. The van der Waals surface area contributed by atoms with Gasteiger partial charge in [-0.3, -0.25) is 10.0 Å². The first kappa shape index (κ1) is 22.3. The maximum Gasteiger partial charge on any atom is 0.245 e. The fourth-order valence-corrected chi connectivity index (χ4v) is 3.23. The highest BCUT2D eigenvalue weighted by Crippen LogP contribution is 2.40. The van der Waals surface area contributed by atoms with Crippen molar-refractivity contribution < 1.29 is 19.5 Å². The quantitative estimate of drug-likeness (QED) is 0.350. The third kappa shape index (κ3) is 6.20. The molecule has 1 rings (SSSR count). The lowest BCUT2D eigenvalue weighted by atomic mass is 9.78. The number of aryl methyl sites for hydroxylation is 1. The fourth-order valence-electron chi connectivity index (χ4n) is 3.23. The zero-order valence-corrected chi connectivity index (χ0v) is 17.2. The van der Waals surface area contributed by atoms with Crippen LogP contribution in [0.15, 0.2) is 12.1 Å². The monoisotopic (exact) mass is 365 g/mol. The first-order chi connectivity index (χ1) is 12.3. The summed E-state index contributed by atoms with van der Waals surface area (Å²) in [6.45, 7) is 6.70. The first-order valence-corrected chi connectivity index (χ1v) is 9.47. The van der Waals surface area contributed by atoms with Crippen LogP contribution in [0.25, 0.3) is 0 Å². The summed E-state index contributed by atoms with van der Waals surface area (Å²) >= 11 is 0. The van der Waals surface area contributed by atoms with Gasteiger partial charge in [-0.15, -0.1) is 0 Å². The van der Waals surface area contributed by atoms with Crippen LogP contribution < -0.4 is 9.47 Å². The van der Waals surface area contributed by atoms with Crippen molar-refractivity contribution in [3.8, 4) is 11.5 Å². The number of benzene rings is 1. The number of methoxy groups -OCH3 is 2. The molecule has 0 heterocycles. The fraction of sp³-hybridized carbons (Fsp3) is 0.667. The number of hydrogen-bond acceptors (Lipinski definition) is 4. The smallest absolute Gasteiger partial charge is 0.245 e. The van der Waals surface area contributed by atoms with Gasteiger partial charge in [0.2, 0.25) is 5.91 Å². The van der Waals surface area contributed by atoms with E-state index < -0.39 is 0 Å². The number of ether oxygens (including phenoxy) is 2. The van der Waals surface area contributed by atoms with Crippen molar-refractivity contribution >= 4 is 5.91 Å². The van der Waals surface area contributed by atoms with Gasteiger partial charge in [-0.25, -0.2) is 5.06 Å². The number of amides is 1. The normalized spacial score (nSPS) is 11.3. The van der Waals surface area contributed by atoms with E-state index in [1.807, 2.05) is 6.07 Å². The lowest BCUT2D eigenvalue weighted by Gasteiger charge is -2.28. The third-order valence-corrected chi connectivity index (χ3v) is 4.93. The van der Waals surface area contributed by atoms with Crippen LogP contribution in [0.1, 0.15) is 70.4 Å². The van der Waals surface area contributed by atoms with E-state index in [0.29, 0.717) is 24.3 Å². The van der Waals surface area contributed by atoms with Crippen LogP contribution in [0.5, 0.6) is 11.5 Å². The van der Waals surface area contributed by atoms with Crippen molar-refractivity contribution in [1.29, 1.82) is 0 Å². The van der Waals surface area contributed by atoms with Crippen molar-refractivity contribution in [2.75, 3.05) is 21.3 Å². The SMILES string of the molecule is CCCCCC(C)(C)c1cc(OC)c(CCCC(=O)N(C)O)cc1OC. The molecule has 0 bridgehead atoms. The number of carbonyl (C=O) groups excluding carboxylic acids is 1. The van der Waals surface area contributed by atoms with E-state index in [0.717, 1.165) is 29.0 Å². The Kier molecular flexibility index (Phi) is 8.93. The summed E-state index contributed by atoms with van der Waals surface area (Å²) in [5.41, 5.74) is 2.18. The van der Waals surface area contributed by atoms with Crippen molar-refractivity contribution in [3.05, 3.63) is 23.3 Å². The van der Waals surface area contributed by atoms with E-state index in [2.05, 4.69) is 26.8 Å². The van der Waals surface area contributed by atoms with Gasteiger partial charge in [0.15, 0.2) is 0 Å². The second-order valence-corrected chi connectivity index (χ2v) is 7.48. The minimum absolute atomic E-state index is 0.00187. The van der Waals surface area contributed by atoms with E-state index in [1.165, 1.54) is 26.3 Å². The molecule has 0 unspecified atom stereocenters. The summed E-state index contributed by atoms with van der Waals surface area (Å²) in [6, 6.07) is 4.11. The number of nitrogens with zero attached hydrogens (tertiary/aromatic N) is 1. The Morgan fingerprint density at radius 3 is 2.31 bits per heavy atom. The molecule has 5 nitrogen and oxygen atoms in total. The molecule has 0 aromatic heterocycles. The van der Waals surface area contributed by atoms with Gasteiger partial charge in [-0.05, 0) is 42.4 Å². The van der Waals surface area contributed by atoms with Crippen molar-refractivity contribution in [2.24, 2.45) is 0 Å². The van der Waals surface area contributed by atoms with E-state index >= 15 is 0 Å². The zero-order valence-electron chi connectivity index (χ0n) is 17.2. The molecular weight excluding hydrogens is 330 g/mol. The number of rotatable bonds is 11. The molecular formula is C21H35NO4. The minimum atomic E-state index is -0.287. The third-order valence-electron chi connectivity index (χ3n) is 4.93. The molecule has 0 aliphatic heterocycles. The standard InChI is InChI=1S/C21H35NO4/c1-7-8-9-13-21(2,3)17-15-18(25-5)16(14-19(17)26-6)11-10-12-20(23)22(4)24/h14-15,24H,7-13H2,1-6H3. The van der Waals surface area contributed by atoms with Gasteiger partial charge in [-0.1, -0.05) is 40.0 Å². The van der Waals surface area contributed by atoms with Crippen molar-refractivity contribution in [1.82, 2.24) is 5.06 Å². The molecule has 1 aromatic rings. The van der Waals surface area contributed by atoms with E-state index in [4.69, 9.17) is 14.7 Å². The van der Waals surface area contributed by atoms with Gasteiger partial charge < -0.3 is 9.47 Å². The van der Waals surface area contributed by atoms with E-state index in [9.17, 15) is 4.79 Å². The second kappa shape index (κ2) is 10.4. The molecule has 0 spiro atoms. The summed E-state index contributed by atoms with van der Waals surface area (Å²) in [6.07, 6.45) is 6.34. The molecule has 0 saturated heterocycles. The van der Waals surface area contributed by atoms with Gasteiger partial charge in [0.25, 0.3) is 0 Å². The predicted molar refractivity (Wildman–Crippen MR) is 104 cm³/mol. The summed E-state index contributed by atoms with van der Waals surface area (Å²) in [7, 11) is 4.72. The average Bonchev–Trinajstić information content (AvgIpc) is 2.60. The van der Waals surface area contributed by atoms with Gasteiger partial charge in [0.1, 0.15) is 11.5 Å². The van der Waals surface area contributed by atoms with Crippen LogP contribution in [0.4, 0.5) is 0 Å². The number of hydrogen-bond donors (Lipinski definition) is 1. The Morgan fingerprint density at radius 2 is 1.77 bits per heavy atom. The Labute approximate surface area is 158 Å². The molecule has 1 amide bonds. The molecule has 5 heteroatoms. The maximum atomic E-state index is 11.5. The van der Waals surface area contributed by atoms with Crippen LogP contribution in [-0.4, -0.2) is 37.4 Å². The molecule has 0 aliphatic rings. The van der Waals surface area contributed by atoms with E-state index in [1.54, 1.807) is 14.2 Å². The highest BCUT2D eigenvalue weighted by molar-refractivity contribution is 5.74.